The first-order valence-electron chi connectivity index (χ1n) is 8.33. The number of ether oxygens (including phenoxy) is 3. The zero-order chi connectivity index (χ0) is 18.8. The van der Waals surface area contributed by atoms with Crippen molar-refractivity contribution < 1.29 is 23.8 Å². The van der Waals surface area contributed by atoms with Crippen LogP contribution >= 0.6 is 11.6 Å². The molecule has 0 bridgehead atoms. The van der Waals surface area contributed by atoms with Gasteiger partial charge in [-0.1, -0.05) is 32.4 Å². The third kappa shape index (κ3) is 7.22. The zero-order valence-corrected chi connectivity index (χ0v) is 15.9. The Kier molecular flexibility index (Phi) is 9.13. The summed E-state index contributed by atoms with van der Waals surface area (Å²) in [4.78, 5) is 23.6. The van der Waals surface area contributed by atoms with Crippen LogP contribution in [0, 0.1) is 5.92 Å². The maximum absolute atomic E-state index is 12.1. The van der Waals surface area contributed by atoms with Gasteiger partial charge in [-0.25, -0.2) is 4.79 Å². The highest BCUT2D eigenvalue weighted by atomic mass is 35.5. The third-order valence-electron chi connectivity index (χ3n) is 3.31. The van der Waals surface area contributed by atoms with Crippen LogP contribution < -0.4 is 14.8 Å². The highest BCUT2D eigenvalue weighted by Gasteiger charge is 2.18. The van der Waals surface area contributed by atoms with Crippen LogP contribution in [0.15, 0.2) is 12.1 Å². The molecule has 0 radical (unpaired) electrons. The molecule has 0 saturated heterocycles. The minimum atomic E-state index is -0.652. The average molecular weight is 372 g/mol. The number of hydrogen-bond donors (Lipinski definition) is 1. The summed E-state index contributed by atoms with van der Waals surface area (Å²) >= 11 is 6.21. The van der Waals surface area contributed by atoms with Crippen LogP contribution in [0.1, 0.15) is 44.0 Å². The first-order valence-corrected chi connectivity index (χ1v) is 8.71. The highest BCUT2D eigenvalue weighted by Crippen LogP contribution is 2.36. The molecule has 0 fully saturated rings. The van der Waals surface area contributed by atoms with Crippen molar-refractivity contribution >= 4 is 23.5 Å². The molecule has 0 aromatic heterocycles. The summed E-state index contributed by atoms with van der Waals surface area (Å²) in [6.07, 6.45) is 1.68. The molecule has 0 saturated carbocycles. The van der Waals surface area contributed by atoms with E-state index in [1.165, 1.54) is 19.2 Å². The predicted octanol–water partition coefficient (Wildman–Crippen LogP) is 3.46. The summed E-state index contributed by atoms with van der Waals surface area (Å²) in [6.45, 7) is 6.82. The fourth-order valence-corrected chi connectivity index (χ4v) is 2.17. The minimum absolute atomic E-state index is 0.196. The van der Waals surface area contributed by atoms with Gasteiger partial charge in [0.1, 0.15) is 0 Å². The van der Waals surface area contributed by atoms with E-state index in [0.717, 1.165) is 12.8 Å². The van der Waals surface area contributed by atoms with Gasteiger partial charge in [-0.2, -0.15) is 0 Å². The van der Waals surface area contributed by atoms with Crippen LogP contribution in [-0.2, 0) is 9.53 Å². The van der Waals surface area contributed by atoms with Gasteiger partial charge in [0.15, 0.2) is 18.1 Å². The molecular weight excluding hydrogens is 346 g/mol. The standard InChI is InChI=1S/C18H26ClNO5/c1-5-7-20-16(21)11-25-18(22)13-9-14(19)17(15(10-13)23-4)24-8-6-12(2)3/h9-10,12H,5-8,11H2,1-4H3,(H,20,21). The second-order valence-corrected chi connectivity index (χ2v) is 6.35. The van der Waals surface area contributed by atoms with E-state index in [9.17, 15) is 9.59 Å². The van der Waals surface area contributed by atoms with E-state index in [4.69, 9.17) is 25.8 Å². The number of esters is 1. The average Bonchev–Trinajstić information content (AvgIpc) is 2.58. The molecule has 0 aliphatic heterocycles. The number of carbonyl (C=O) groups is 2. The van der Waals surface area contributed by atoms with Gasteiger partial charge in [0.2, 0.25) is 0 Å². The SMILES string of the molecule is CCCNC(=O)COC(=O)c1cc(Cl)c(OCCC(C)C)c(OC)c1. The van der Waals surface area contributed by atoms with Gasteiger partial charge in [0, 0.05) is 6.54 Å². The number of nitrogens with one attached hydrogen (secondary N) is 1. The Balaban J connectivity index is 2.76. The summed E-state index contributed by atoms with van der Waals surface area (Å²) in [6, 6.07) is 2.93. The van der Waals surface area contributed by atoms with Crippen molar-refractivity contribution in [1.82, 2.24) is 5.32 Å². The quantitative estimate of drug-likeness (QED) is 0.637. The van der Waals surface area contributed by atoms with Crippen molar-refractivity contribution in [2.75, 3.05) is 26.9 Å². The number of benzene rings is 1. The molecule has 1 aromatic carbocycles. The monoisotopic (exact) mass is 371 g/mol. The molecule has 6 nitrogen and oxygen atoms in total. The van der Waals surface area contributed by atoms with Crippen molar-refractivity contribution in [1.29, 1.82) is 0 Å². The van der Waals surface area contributed by atoms with Crippen LogP contribution in [-0.4, -0.2) is 38.7 Å². The number of rotatable bonds is 10. The number of amides is 1. The molecule has 0 unspecified atom stereocenters. The molecule has 1 rings (SSSR count). The van der Waals surface area contributed by atoms with Crippen molar-refractivity contribution in [3.8, 4) is 11.5 Å². The predicted molar refractivity (Wildman–Crippen MR) is 96.5 cm³/mol. The second-order valence-electron chi connectivity index (χ2n) is 5.95. The van der Waals surface area contributed by atoms with Gasteiger partial charge in [-0.05, 0) is 30.9 Å². The Labute approximate surface area is 153 Å². The Hall–Kier alpha value is -1.95. The molecule has 140 valence electrons. The normalized spacial score (nSPS) is 10.5. The first-order chi connectivity index (χ1) is 11.9. The molecule has 0 atom stereocenters. The molecule has 0 heterocycles. The van der Waals surface area contributed by atoms with E-state index in [2.05, 4.69) is 19.2 Å². The van der Waals surface area contributed by atoms with Crippen molar-refractivity contribution in [2.24, 2.45) is 5.92 Å². The van der Waals surface area contributed by atoms with E-state index in [1.807, 2.05) is 6.92 Å². The Bertz CT molecular complexity index is 589. The zero-order valence-electron chi connectivity index (χ0n) is 15.2. The minimum Gasteiger partial charge on any atom is -0.493 e. The molecule has 7 heteroatoms. The molecule has 0 aliphatic carbocycles. The van der Waals surface area contributed by atoms with Gasteiger partial charge < -0.3 is 19.5 Å². The Morgan fingerprint density at radius 3 is 2.60 bits per heavy atom. The van der Waals surface area contributed by atoms with Crippen LogP contribution in [0.3, 0.4) is 0 Å². The summed E-state index contributed by atoms with van der Waals surface area (Å²) in [7, 11) is 1.47. The number of methoxy groups -OCH3 is 1. The van der Waals surface area contributed by atoms with Gasteiger partial charge in [0.05, 0.1) is 24.3 Å². The third-order valence-corrected chi connectivity index (χ3v) is 3.59. The van der Waals surface area contributed by atoms with Crippen LogP contribution in [0.2, 0.25) is 5.02 Å². The second kappa shape index (κ2) is 10.8. The summed E-state index contributed by atoms with van der Waals surface area (Å²) < 4.78 is 15.9. The maximum atomic E-state index is 12.1. The number of carbonyl (C=O) groups excluding carboxylic acids is 2. The van der Waals surface area contributed by atoms with Crippen LogP contribution in [0.5, 0.6) is 11.5 Å². The van der Waals surface area contributed by atoms with E-state index < -0.39 is 5.97 Å². The van der Waals surface area contributed by atoms with Crippen LogP contribution in [0.25, 0.3) is 0 Å². The lowest BCUT2D eigenvalue weighted by Gasteiger charge is -2.14. The van der Waals surface area contributed by atoms with E-state index in [-0.39, 0.29) is 23.1 Å². The summed E-state index contributed by atoms with van der Waals surface area (Å²) in [5, 5.41) is 2.88. The number of hydrogen-bond acceptors (Lipinski definition) is 5. The molecule has 1 N–H and O–H groups in total. The highest BCUT2D eigenvalue weighted by molar-refractivity contribution is 6.32. The van der Waals surface area contributed by atoms with Gasteiger partial charge >= 0.3 is 5.97 Å². The fraction of sp³-hybridized carbons (Fsp3) is 0.556. The van der Waals surface area contributed by atoms with Gasteiger partial charge in [-0.3, -0.25) is 4.79 Å². The fourth-order valence-electron chi connectivity index (χ4n) is 1.90. The van der Waals surface area contributed by atoms with E-state index in [1.54, 1.807) is 0 Å². The molecule has 25 heavy (non-hydrogen) atoms. The number of halogens is 1. The largest absolute Gasteiger partial charge is 0.493 e. The van der Waals surface area contributed by atoms with Gasteiger partial charge in [-0.15, -0.1) is 0 Å². The van der Waals surface area contributed by atoms with Crippen molar-refractivity contribution in [3.05, 3.63) is 22.7 Å². The maximum Gasteiger partial charge on any atom is 0.338 e. The Morgan fingerprint density at radius 2 is 2.00 bits per heavy atom. The summed E-state index contributed by atoms with van der Waals surface area (Å²) in [5.41, 5.74) is 0.196. The van der Waals surface area contributed by atoms with Gasteiger partial charge in [0.25, 0.3) is 5.91 Å². The van der Waals surface area contributed by atoms with Crippen molar-refractivity contribution in [2.45, 2.75) is 33.6 Å². The van der Waals surface area contributed by atoms with Crippen LogP contribution in [0.4, 0.5) is 0 Å². The molecule has 0 spiro atoms. The molecular formula is C18H26ClNO5. The molecule has 0 aliphatic rings. The molecule has 1 amide bonds. The first kappa shape index (κ1) is 21.1. The lowest BCUT2D eigenvalue weighted by molar-refractivity contribution is -0.124. The topological polar surface area (TPSA) is 73.9 Å². The molecule has 1 aromatic rings. The lowest BCUT2D eigenvalue weighted by atomic mass is 10.1. The smallest absolute Gasteiger partial charge is 0.338 e. The van der Waals surface area contributed by atoms with Crippen molar-refractivity contribution in [3.63, 3.8) is 0 Å². The Morgan fingerprint density at radius 1 is 1.28 bits per heavy atom. The van der Waals surface area contributed by atoms with E-state index in [0.29, 0.717) is 30.6 Å². The van der Waals surface area contributed by atoms with E-state index >= 15 is 0 Å². The summed E-state index contributed by atoms with van der Waals surface area (Å²) in [5.74, 6) is 0.237. The lowest BCUT2D eigenvalue weighted by Crippen LogP contribution is -2.29.